The molecule has 3 aromatic rings. The summed E-state index contributed by atoms with van der Waals surface area (Å²) in [4.78, 5) is 23.6. The third-order valence-corrected chi connectivity index (χ3v) is 6.32. The quantitative estimate of drug-likeness (QED) is 0.508. The fourth-order valence-electron chi connectivity index (χ4n) is 3.72. The molecule has 0 amide bonds. The van der Waals surface area contributed by atoms with Crippen LogP contribution >= 0.6 is 11.3 Å². The van der Waals surface area contributed by atoms with E-state index in [9.17, 15) is 9.90 Å². The third kappa shape index (κ3) is 5.56. The first-order chi connectivity index (χ1) is 15.2. The van der Waals surface area contributed by atoms with E-state index in [0.29, 0.717) is 35.2 Å². The van der Waals surface area contributed by atoms with Crippen LogP contribution in [-0.2, 0) is 11.3 Å². The maximum atomic E-state index is 13.0. The Labute approximate surface area is 192 Å². The van der Waals surface area contributed by atoms with Gasteiger partial charge in [-0.3, -0.25) is 9.69 Å². The number of hydrogen-bond donors (Lipinski definition) is 2. The molecule has 1 unspecified atom stereocenters. The summed E-state index contributed by atoms with van der Waals surface area (Å²) in [6.07, 6.45) is 1.60. The highest BCUT2D eigenvalue weighted by Gasteiger charge is 2.31. The van der Waals surface area contributed by atoms with Crippen LogP contribution in [0.1, 0.15) is 39.4 Å². The molecule has 2 N–H and O–H groups in total. The van der Waals surface area contributed by atoms with Crippen molar-refractivity contribution in [1.82, 2.24) is 14.9 Å². The molecule has 2 heterocycles. The van der Waals surface area contributed by atoms with Gasteiger partial charge in [-0.05, 0) is 51.3 Å². The molecule has 0 aliphatic heterocycles. The number of aliphatic hydroxyl groups excluding tert-OH is 1. The number of aliphatic hydroxyl groups is 1. The second-order valence-corrected chi connectivity index (χ2v) is 10.2. The van der Waals surface area contributed by atoms with Crippen LogP contribution in [0.2, 0.25) is 0 Å². The fraction of sp³-hybridized carbons (Fsp3) is 0.500. The van der Waals surface area contributed by atoms with Crippen molar-refractivity contribution in [3.05, 3.63) is 45.8 Å². The SMILES string of the molecule is COc1cccc(-c2csc3nc(CN(CC(O)COC(C)(C)C)C4CC4)[nH]c(=O)c23)c1. The average molecular weight is 458 g/mol. The summed E-state index contributed by atoms with van der Waals surface area (Å²) in [6.45, 7) is 7.19. The van der Waals surface area contributed by atoms with E-state index in [-0.39, 0.29) is 17.8 Å². The monoisotopic (exact) mass is 457 g/mol. The van der Waals surface area contributed by atoms with E-state index in [0.717, 1.165) is 29.7 Å². The maximum Gasteiger partial charge on any atom is 0.260 e. The zero-order valence-corrected chi connectivity index (χ0v) is 19.9. The Morgan fingerprint density at radius 2 is 2.12 bits per heavy atom. The van der Waals surface area contributed by atoms with Gasteiger partial charge >= 0.3 is 0 Å². The van der Waals surface area contributed by atoms with Crippen molar-refractivity contribution in [2.45, 2.75) is 57.9 Å². The molecule has 8 heteroatoms. The largest absolute Gasteiger partial charge is 0.497 e. The van der Waals surface area contributed by atoms with Crippen molar-refractivity contribution in [3.8, 4) is 16.9 Å². The number of nitrogens with one attached hydrogen (secondary N) is 1. The van der Waals surface area contributed by atoms with Gasteiger partial charge in [0, 0.05) is 23.5 Å². The molecule has 1 aromatic carbocycles. The molecule has 0 saturated heterocycles. The van der Waals surface area contributed by atoms with Crippen molar-refractivity contribution >= 4 is 21.6 Å². The first kappa shape index (κ1) is 22.9. The zero-order chi connectivity index (χ0) is 22.9. The first-order valence-electron chi connectivity index (χ1n) is 10.9. The Morgan fingerprint density at radius 1 is 1.34 bits per heavy atom. The van der Waals surface area contributed by atoms with E-state index in [2.05, 4.69) is 9.88 Å². The van der Waals surface area contributed by atoms with E-state index >= 15 is 0 Å². The van der Waals surface area contributed by atoms with Gasteiger partial charge in [-0.15, -0.1) is 11.3 Å². The van der Waals surface area contributed by atoms with Gasteiger partial charge in [-0.25, -0.2) is 4.98 Å². The highest BCUT2D eigenvalue weighted by atomic mass is 32.1. The number of aromatic nitrogens is 2. The van der Waals surface area contributed by atoms with Crippen LogP contribution in [0.5, 0.6) is 5.75 Å². The molecule has 1 atom stereocenters. The summed E-state index contributed by atoms with van der Waals surface area (Å²) in [5, 5.41) is 13.0. The molecule has 7 nitrogen and oxygen atoms in total. The van der Waals surface area contributed by atoms with E-state index in [1.165, 1.54) is 11.3 Å². The van der Waals surface area contributed by atoms with Crippen LogP contribution in [0.3, 0.4) is 0 Å². The molecule has 0 bridgehead atoms. The number of hydrogen-bond acceptors (Lipinski definition) is 7. The molecule has 2 aromatic heterocycles. The number of nitrogens with zero attached hydrogens (tertiary/aromatic N) is 2. The molecular formula is C24H31N3O4S. The molecule has 1 saturated carbocycles. The van der Waals surface area contributed by atoms with Gasteiger partial charge in [0.25, 0.3) is 5.56 Å². The van der Waals surface area contributed by atoms with Crippen molar-refractivity contribution in [2.75, 3.05) is 20.3 Å². The van der Waals surface area contributed by atoms with Crippen LogP contribution < -0.4 is 10.3 Å². The summed E-state index contributed by atoms with van der Waals surface area (Å²) in [5.41, 5.74) is 1.36. The normalized spacial score (nSPS) is 15.4. The second-order valence-electron chi connectivity index (χ2n) is 9.31. The lowest BCUT2D eigenvalue weighted by atomic mass is 10.1. The lowest BCUT2D eigenvalue weighted by Crippen LogP contribution is -2.38. The van der Waals surface area contributed by atoms with Crippen molar-refractivity contribution in [1.29, 1.82) is 0 Å². The lowest BCUT2D eigenvalue weighted by Gasteiger charge is -2.27. The number of fused-ring (bicyclic) bond motifs is 1. The third-order valence-electron chi connectivity index (χ3n) is 5.44. The fourth-order valence-corrected chi connectivity index (χ4v) is 4.68. The average Bonchev–Trinajstić information content (AvgIpc) is 3.50. The molecule has 172 valence electrons. The Kier molecular flexibility index (Phi) is 6.67. The lowest BCUT2D eigenvalue weighted by molar-refractivity contribution is -0.0574. The Bertz CT molecular complexity index is 1130. The Hall–Kier alpha value is -2.26. The molecule has 1 fully saturated rings. The predicted molar refractivity (Wildman–Crippen MR) is 127 cm³/mol. The smallest absolute Gasteiger partial charge is 0.260 e. The number of aromatic amines is 1. The standard InChI is InChI=1S/C24H31N3O4S/c1-24(2,3)31-13-17(28)11-27(16-8-9-16)12-20-25-22(29)21-19(14-32-23(21)26-20)15-6-5-7-18(10-15)30-4/h5-7,10,14,16-17,28H,8-9,11-13H2,1-4H3,(H,25,26,29). The summed E-state index contributed by atoms with van der Waals surface area (Å²) in [5.74, 6) is 1.37. The zero-order valence-electron chi connectivity index (χ0n) is 19.1. The summed E-state index contributed by atoms with van der Waals surface area (Å²) >= 11 is 1.47. The van der Waals surface area contributed by atoms with Gasteiger partial charge < -0.3 is 19.6 Å². The van der Waals surface area contributed by atoms with Crippen LogP contribution in [0.25, 0.3) is 21.3 Å². The van der Waals surface area contributed by atoms with E-state index in [4.69, 9.17) is 14.5 Å². The van der Waals surface area contributed by atoms with Gasteiger partial charge in [0.15, 0.2) is 0 Å². The minimum Gasteiger partial charge on any atom is -0.497 e. The van der Waals surface area contributed by atoms with Crippen LogP contribution in [-0.4, -0.2) is 58.0 Å². The van der Waals surface area contributed by atoms with Gasteiger partial charge in [0.05, 0.1) is 37.4 Å². The molecule has 1 aliphatic carbocycles. The number of H-pyrrole nitrogens is 1. The molecule has 32 heavy (non-hydrogen) atoms. The molecule has 0 spiro atoms. The van der Waals surface area contributed by atoms with Crippen LogP contribution in [0.4, 0.5) is 0 Å². The minimum absolute atomic E-state index is 0.142. The number of methoxy groups -OCH3 is 1. The van der Waals surface area contributed by atoms with E-state index < -0.39 is 6.10 Å². The molecule has 1 aliphatic rings. The maximum absolute atomic E-state index is 13.0. The van der Waals surface area contributed by atoms with Crippen molar-refractivity contribution in [2.24, 2.45) is 0 Å². The summed E-state index contributed by atoms with van der Waals surface area (Å²) in [6, 6.07) is 8.09. The highest BCUT2D eigenvalue weighted by molar-refractivity contribution is 7.17. The Morgan fingerprint density at radius 3 is 2.81 bits per heavy atom. The molecule has 4 rings (SSSR count). The van der Waals surface area contributed by atoms with Crippen LogP contribution in [0, 0.1) is 0 Å². The van der Waals surface area contributed by atoms with Gasteiger partial charge in [0.2, 0.25) is 0 Å². The number of ether oxygens (including phenoxy) is 2. The number of benzene rings is 1. The number of rotatable bonds is 9. The predicted octanol–water partition coefficient (Wildman–Crippen LogP) is 3.80. The van der Waals surface area contributed by atoms with Gasteiger partial charge in [-0.1, -0.05) is 12.1 Å². The van der Waals surface area contributed by atoms with Crippen molar-refractivity contribution < 1.29 is 14.6 Å². The first-order valence-corrected chi connectivity index (χ1v) is 11.8. The van der Waals surface area contributed by atoms with Gasteiger partial charge in [0.1, 0.15) is 16.4 Å². The Balaban J connectivity index is 1.54. The molecular weight excluding hydrogens is 426 g/mol. The van der Waals surface area contributed by atoms with E-state index in [1.807, 2.05) is 50.4 Å². The summed E-state index contributed by atoms with van der Waals surface area (Å²) < 4.78 is 11.0. The molecule has 0 radical (unpaired) electrons. The topological polar surface area (TPSA) is 87.7 Å². The van der Waals surface area contributed by atoms with E-state index in [1.54, 1.807) is 7.11 Å². The van der Waals surface area contributed by atoms with Crippen molar-refractivity contribution in [3.63, 3.8) is 0 Å². The van der Waals surface area contributed by atoms with Crippen LogP contribution in [0.15, 0.2) is 34.4 Å². The minimum atomic E-state index is -0.591. The number of thiophene rings is 1. The second kappa shape index (κ2) is 9.31. The summed E-state index contributed by atoms with van der Waals surface area (Å²) in [7, 11) is 1.63. The van der Waals surface area contributed by atoms with Gasteiger partial charge in [-0.2, -0.15) is 0 Å². The highest BCUT2D eigenvalue weighted by Crippen LogP contribution is 2.33.